The molecule has 0 saturated carbocycles. The van der Waals surface area contributed by atoms with Gasteiger partial charge in [-0.1, -0.05) is 0 Å². The molecule has 2 rings (SSSR count). The van der Waals surface area contributed by atoms with Crippen molar-refractivity contribution in [2.24, 2.45) is 0 Å². The fourth-order valence-corrected chi connectivity index (χ4v) is 3.29. The van der Waals surface area contributed by atoms with Crippen molar-refractivity contribution in [1.29, 1.82) is 0 Å². The number of nitrogen functional groups attached to an aromatic ring is 1. The molecule has 0 atom stereocenters. The van der Waals surface area contributed by atoms with Gasteiger partial charge in [0.25, 0.3) is 10.0 Å². The van der Waals surface area contributed by atoms with Gasteiger partial charge in [-0.3, -0.25) is 4.72 Å². The van der Waals surface area contributed by atoms with Gasteiger partial charge in [0.2, 0.25) is 0 Å². The first-order chi connectivity index (χ1) is 8.53. The maximum atomic E-state index is 12.1. The van der Waals surface area contributed by atoms with Gasteiger partial charge in [-0.05, 0) is 12.1 Å². The maximum Gasteiger partial charge on any atom is 0.267 e. The zero-order chi connectivity index (χ0) is 13.2. The monoisotopic (exact) mass is 285 g/mol. The molecule has 0 bridgehead atoms. The third-order valence-corrected chi connectivity index (χ3v) is 4.33. The summed E-state index contributed by atoms with van der Waals surface area (Å²) in [5.41, 5.74) is 6.01. The van der Waals surface area contributed by atoms with Crippen LogP contribution in [0.4, 0.5) is 10.8 Å². The lowest BCUT2D eigenvalue weighted by molar-refractivity contribution is 0.403. The number of ether oxygens (including phenoxy) is 1. The Kier molecular flexibility index (Phi) is 3.39. The third-order valence-electron chi connectivity index (χ3n) is 2.13. The second-order valence-electron chi connectivity index (χ2n) is 3.35. The SMILES string of the molecule is COc1cc(N)ccc1S(=O)(=O)Nc1nccs1. The quantitative estimate of drug-likeness (QED) is 0.831. The molecule has 1 aromatic carbocycles. The van der Waals surface area contributed by atoms with E-state index in [1.54, 1.807) is 5.38 Å². The number of nitrogens with zero attached hydrogens (tertiary/aromatic N) is 1. The van der Waals surface area contributed by atoms with E-state index >= 15 is 0 Å². The topological polar surface area (TPSA) is 94.3 Å². The van der Waals surface area contributed by atoms with Crippen molar-refractivity contribution in [2.75, 3.05) is 17.6 Å². The van der Waals surface area contributed by atoms with Crippen molar-refractivity contribution in [3.63, 3.8) is 0 Å². The average molecular weight is 285 g/mol. The summed E-state index contributed by atoms with van der Waals surface area (Å²) in [4.78, 5) is 3.89. The third kappa shape index (κ3) is 2.54. The van der Waals surface area contributed by atoms with Crippen molar-refractivity contribution in [2.45, 2.75) is 4.90 Å². The van der Waals surface area contributed by atoms with Crippen molar-refractivity contribution < 1.29 is 13.2 Å². The first-order valence-corrected chi connectivity index (χ1v) is 7.25. The molecule has 0 saturated heterocycles. The number of benzene rings is 1. The minimum Gasteiger partial charge on any atom is -0.495 e. The number of anilines is 2. The van der Waals surface area contributed by atoms with Gasteiger partial charge in [0.1, 0.15) is 10.6 Å². The standard InChI is InChI=1S/C10H11N3O3S2/c1-16-8-6-7(11)2-3-9(8)18(14,15)13-10-12-4-5-17-10/h2-6H,11H2,1H3,(H,12,13). The molecule has 3 N–H and O–H groups in total. The summed E-state index contributed by atoms with van der Waals surface area (Å²) in [6.45, 7) is 0. The molecule has 2 aromatic rings. The van der Waals surface area contributed by atoms with Crippen LogP contribution < -0.4 is 15.2 Å². The molecule has 96 valence electrons. The summed E-state index contributed by atoms with van der Waals surface area (Å²) >= 11 is 1.19. The highest BCUT2D eigenvalue weighted by Crippen LogP contribution is 2.28. The second-order valence-corrected chi connectivity index (χ2v) is 5.90. The Morgan fingerprint density at radius 2 is 2.22 bits per heavy atom. The van der Waals surface area contributed by atoms with Crippen molar-refractivity contribution in [3.05, 3.63) is 29.8 Å². The average Bonchev–Trinajstić information content (AvgIpc) is 2.80. The molecular formula is C10H11N3O3S2. The normalized spacial score (nSPS) is 11.2. The highest BCUT2D eigenvalue weighted by Gasteiger charge is 2.20. The minimum atomic E-state index is -3.73. The van der Waals surface area contributed by atoms with Crippen molar-refractivity contribution in [3.8, 4) is 5.75 Å². The highest BCUT2D eigenvalue weighted by molar-refractivity contribution is 7.93. The van der Waals surface area contributed by atoms with Gasteiger partial charge in [0.15, 0.2) is 5.13 Å². The first-order valence-electron chi connectivity index (χ1n) is 4.89. The van der Waals surface area contributed by atoms with E-state index in [2.05, 4.69) is 9.71 Å². The Balaban J connectivity index is 2.41. The van der Waals surface area contributed by atoms with E-state index < -0.39 is 10.0 Å². The predicted octanol–water partition coefficient (Wildman–Crippen LogP) is 1.53. The van der Waals surface area contributed by atoms with Crippen molar-refractivity contribution in [1.82, 2.24) is 4.98 Å². The van der Waals surface area contributed by atoms with Gasteiger partial charge < -0.3 is 10.5 Å². The van der Waals surface area contributed by atoms with Crippen LogP contribution in [0.5, 0.6) is 5.75 Å². The molecule has 0 radical (unpaired) electrons. The molecule has 18 heavy (non-hydrogen) atoms. The van der Waals surface area contributed by atoms with Gasteiger partial charge in [0.05, 0.1) is 7.11 Å². The summed E-state index contributed by atoms with van der Waals surface area (Å²) in [5.74, 6) is 0.194. The van der Waals surface area contributed by atoms with Crippen LogP contribution in [0.2, 0.25) is 0 Å². The Labute approximate surface area is 108 Å². The van der Waals surface area contributed by atoms with E-state index in [0.29, 0.717) is 10.8 Å². The summed E-state index contributed by atoms with van der Waals surface area (Å²) in [5, 5.41) is 1.98. The van der Waals surface area contributed by atoms with Crippen LogP contribution in [-0.4, -0.2) is 20.5 Å². The smallest absolute Gasteiger partial charge is 0.267 e. The number of hydrogen-bond acceptors (Lipinski definition) is 6. The van der Waals surface area contributed by atoms with E-state index in [4.69, 9.17) is 10.5 Å². The van der Waals surface area contributed by atoms with Crippen LogP contribution in [0.15, 0.2) is 34.7 Å². The summed E-state index contributed by atoms with van der Waals surface area (Å²) in [7, 11) is -2.34. The predicted molar refractivity (Wildman–Crippen MR) is 70.3 cm³/mol. The highest BCUT2D eigenvalue weighted by atomic mass is 32.2. The Hall–Kier alpha value is -1.80. The zero-order valence-electron chi connectivity index (χ0n) is 9.45. The molecule has 1 aromatic heterocycles. The zero-order valence-corrected chi connectivity index (χ0v) is 11.1. The molecule has 8 heteroatoms. The van der Waals surface area contributed by atoms with Crippen LogP contribution in [0.1, 0.15) is 0 Å². The molecule has 0 aliphatic carbocycles. The van der Waals surface area contributed by atoms with Gasteiger partial charge in [-0.25, -0.2) is 13.4 Å². The Morgan fingerprint density at radius 1 is 1.44 bits per heavy atom. The van der Waals surface area contributed by atoms with Gasteiger partial charge in [0, 0.05) is 23.3 Å². The number of thiazole rings is 1. The van der Waals surface area contributed by atoms with Crippen LogP contribution in [0.25, 0.3) is 0 Å². The van der Waals surface area contributed by atoms with E-state index in [-0.39, 0.29) is 10.6 Å². The number of nitrogens with two attached hydrogens (primary N) is 1. The molecule has 1 heterocycles. The maximum absolute atomic E-state index is 12.1. The van der Waals surface area contributed by atoms with E-state index in [1.165, 1.54) is 42.8 Å². The number of hydrogen-bond donors (Lipinski definition) is 2. The lowest BCUT2D eigenvalue weighted by atomic mass is 10.3. The molecule has 6 nitrogen and oxygen atoms in total. The fourth-order valence-electron chi connectivity index (χ4n) is 1.35. The molecule has 0 amide bonds. The molecule has 0 fully saturated rings. The second kappa shape index (κ2) is 4.83. The molecular weight excluding hydrogens is 274 g/mol. The summed E-state index contributed by atoms with van der Waals surface area (Å²) in [6, 6.07) is 4.35. The number of sulfonamides is 1. The van der Waals surface area contributed by atoms with Gasteiger partial charge in [-0.15, -0.1) is 11.3 Å². The van der Waals surface area contributed by atoms with Crippen LogP contribution in [0.3, 0.4) is 0 Å². The Morgan fingerprint density at radius 3 is 2.83 bits per heavy atom. The lowest BCUT2D eigenvalue weighted by Gasteiger charge is -2.10. The minimum absolute atomic E-state index is 0.0226. The number of methoxy groups -OCH3 is 1. The van der Waals surface area contributed by atoms with E-state index in [0.717, 1.165) is 0 Å². The van der Waals surface area contributed by atoms with E-state index in [1.807, 2.05) is 0 Å². The molecule has 0 unspecified atom stereocenters. The first kappa shape index (κ1) is 12.7. The molecule has 0 aliphatic rings. The number of nitrogens with one attached hydrogen (secondary N) is 1. The Bertz CT molecular complexity index is 638. The number of aromatic nitrogens is 1. The van der Waals surface area contributed by atoms with Gasteiger partial charge >= 0.3 is 0 Å². The van der Waals surface area contributed by atoms with Crippen molar-refractivity contribution >= 4 is 32.2 Å². The fraction of sp³-hybridized carbons (Fsp3) is 0.100. The summed E-state index contributed by atoms with van der Waals surface area (Å²) in [6.07, 6.45) is 1.52. The lowest BCUT2D eigenvalue weighted by Crippen LogP contribution is -2.14. The van der Waals surface area contributed by atoms with Crippen LogP contribution >= 0.6 is 11.3 Å². The molecule has 0 aliphatic heterocycles. The van der Waals surface area contributed by atoms with E-state index in [9.17, 15) is 8.42 Å². The molecule has 0 spiro atoms. The van der Waals surface area contributed by atoms with Crippen LogP contribution in [-0.2, 0) is 10.0 Å². The van der Waals surface area contributed by atoms with Gasteiger partial charge in [-0.2, -0.15) is 0 Å². The number of rotatable bonds is 4. The summed E-state index contributed by atoms with van der Waals surface area (Å²) < 4.78 is 31.6. The largest absolute Gasteiger partial charge is 0.495 e. The van der Waals surface area contributed by atoms with Crippen LogP contribution in [0, 0.1) is 0 Å².